The van der Waals surface area contributed by atoms with Crippen molar-refractivity contribution in [2.45, 2.75) is 28.7 Å². The van der Waals surface area contributed by atoms with Crippen molar-refractivity contribution in [3.63, 3.8) is 0 Å². The fraction of sp³-hybridized carbons (Fsp3) is 0.0690. The van der Waals surface area contributed by atoms with Crippen molar-refractivity contribution in [3.05, 3.63) is 125 Å². The molecule has 1 aromatic heterocycles. The largest absolute Gasteiger partial charge is 0.738 e. The van der Waals surface area contributed by atoms with Crippen LogP contribution in [0.25, 0.3) is 5.57 Å². The summed E-state index contributed by atoms with van der Waals surface area (Å²) in [4.78, 5) is 1.75. The van der Waals surface area contributed by atoms with Gasteiger partial charge >= 0.3 is 6.97 Å². The number of allylic oxidation sites excluding steroid dienone is 1. The zero-order valence-electron chi connectivity index (χ0n) is 21.1. The molecule has 0 unspecified atom stereocenters. The van der Waals surface area contributed by atoms with Crippen LogP contribution in [0.4, 0.5) is 8.63 Å². The van der Waals surface area contributed by atoms with Crippen LogP contribution in [0.5, 0.6) is 0 Å². The summed E-state index contributed by atoms with van der Waals surface area (Å²) in [6.45, 7) is -0.301. The number of hydrogen-bond acceptors (Lipinski definition) is 2. The van der Waals surface area contributed by atoms with Gasteiger partial charge in [0.05, 0.1) is 19.5 Å². The first-order valence-electron chi connectivity index (χ1n) is 12.2. The van der Waals surface area contributed by atoms with E-state index in [1.807, 2.05) is 92.7 Å². The Balaban J connectivity index is 1.66. The van der Waals surface area contributed by atoms with Gasteiger partial charge in [0.15, 0.2) is 5.70 Å². The maximum Gasteiger partial charge on any atom is 0.738 e. The molecular formula is C29H19BBr4F2N2S2. The second kappa shape index (κ2) is 11.0. The molecule has 0 N–H and O–H groups in total. The van der Waals surface area contributed by atoms with E-state index < -0.39 is 6.97 Å². The van der Waals surface area contributed by atoms with E-state index in [0.717, 1.165) is 26.5 Å². The first kappa shape index (κ1) is 28.7. The van der Waals surface area contributed by atoms with Crippen LogP contribution in [-0.4, -0.2) is 21.0 Å². The standard InChI is InChI=1S/C29H19BBr4F2N2S2/c1-16-8-12-19(13-9-16)39-28-24(33)22(31)26-21(18-6-4-3-5-7-18)27-23(32)25(34)29(38(27)30(35,36)37(26)28)40-20-14-10-17(2)11-15-20/h3-15H,1-2H3. The average Bonchev–Trinajstić information content (AvgIpc) is 3.34. The van der Waals surface area contributed by atoms with Gasteiger partial charge in [0.2, 0.25) is 5.04 Å². The number of aryl methyl sites for hydroxylation is 2. The van der Waals surface area contributed by atoms with Crippen LogP contribution in [0.1, 0.15) is 22.4 Å². The number of benzene rings is 3. The van der Waals surface area contributed by atoms with Crippen LogP contribution in [0.2, 0.25) is 0 Å². The second-order valence-electron chi connectivity index (χ2n) is 9.46. The Kier molecular flexibility index (Phi) is 7.93. The molecule has 4 aromatic rings. The minimum atomic E-state index is -4.32. The summed E-state index contributed by atoms with van der Waals surface area (Å²) < 4.78 is 39.2. The van der Waals surface area contributed by atoms with Crippen molar-refractivity contribution in [1.29, 1.82) is 0 Å². The third kappa shape index (κ3) is 4.78. The SMILES string of the molecule is Cc1ccc(SC2=[N+]3C(=C(c4ccccc4)c4c(Br)c(Br)c(Sc5ccc(C)cc5)n4[B-]3(F)F)C(Br)=C2Br)cc1. The van der Waals surface area contributed by atoms with Crippen LogP contribution in [0.15, 0.2) is 117 Å². The van der Waals surface area contributed by atoms with Gasteiger partial charge in [-0.05, 0) is 119 Å². The molecule has 0 aliphatic carbocycles. The lowest BCUT2D eigenvalue weighted by Crippen LogP contribution is -2.51. The average molecular weight is 828 g/mol. The third-order valence-electron chi connectivity index (χ3n) is 6.72. The monoisotopic (exact) mass is 824 g/mol. The highest BCUT2D eigenvalue weighted by atomic mass is 79.9. The highest BCUT2D eigenvalue weighted by Gasteiger charge is 2.59. The molecule has 0 saturated heterocycles. The lowest BCUT2D eigenvalue weighted by molar-refractivity contribution is -0.359. The molecule has 2 aliphatic heterocycles. The predicted octanol–water partition coefficient (Wildman–Crippen LogP) is 11.0. The van der Waals surface area contributed by atoms with E-state index in [1.54, 1.807) is 0 Å². The molecule has 0 spiro atoms. The summed E-state index contributed by atoms with van der Waals surface area (Å²) >= 11 is 17.4. The third-order valence-corrected chi connectivity index (χ3v) is 13.6. The molecule has 6 rings (SSSR count). The molecule has 0 amide bonds. The van der Waals surface area contributed by atoms with Crippen molar-refractivity contribution < 1.29 is 13.1 Å². The molecule has 0 radical (unpaired) electrons. The summed E-state index contributed by atoms with van der Waals surface area (Å²) in [7, 11) is 0. The second-order valence-corrected chi connectivity index (χ2v) is 14.8. The van der Waals surface area contributed by atoms with E-state index in [4.69, 9.17) is 0 Å². The molecule has 11 heteroatoms. The number of fused-ring (bicyclic) bond motifs is 2. The summed E-state index contributed by atoms with van der Waals surface area (Å²) in [6, 6.07) is 25.5. The Bertz CT molecular complexity index is 1760. The van der Waals surface area contributed by atoms with Gasteiger partial charge in [-0.2, -0.15) is 0 Å². The zero-order chi connectivity index (χ0) is 28.3. The smallest absolute Gasteiger partial charge is 0.389 e. The Morgan fingerprint density at radius 1 is 0.700 bits per heavy atom. The van der Waals surface area contributed by atoms with Crippen LogP contribution in [-0.2, 0) is 0 Å². The fourth-order valence-corrected chi connectivity index (χ4v) is 9.47. The van der Waals surface area contributed by atoms with Crippen molar-refractivity contribution in [2.75, 3.05) is 0 Å². The van der Waals surface area contributed by atoms with E-state index in [9.17, 15) is 0 Å². The predicted molar refractivity (Wildman–Crippen MR) is 178 cm³/mol. The highest BCUT2D eigenvalue weighted by Crippen LogP contribution is 2.54. The van der Waals surface area contributed by atoms with Gasteiger partial charge in [0.1, 0.15) is 8.96 Å². The zero-order valence-corrected chi connectivity index (χ0v) is 29.0. The molecule has 0 atom stereocenters. The molecule has 2 nitrogen and oxygen atoms in total. The molecule has 40 heavy (non-hydrogen) atoms. The van der Waals surface area contributed by atoms with Crippen molar-refractivity contribution in [2.24, 2.45) is 0 Å². The lowest BCUT2D eigenvalue weighted by atomic mass is 9.86. The van der Waals surface area contributed by atoms with E-state index in [-0.39, 0.29) is 0 Å². The first-order valence-corrected chi connectivity index (χ1v) is 17.0. The van der Waals surface area contributed by atoms with Crippen LogP contribution in [0, 0.1) is 13.8 Å². The molecule has 202 valence electrons. The minimum absolute atomic E-state index is 0.432. The van der Waals surface area contributed by atoms with Gasteiger partial charge in [-0.3, -0.25) is 0 Å². The van der Waals surface area contributed by atoms with Crippen molar-refractivity contribution >= 4 is 105 Å². The normalized spacial score (nSPS) is 16.1. The molecule has 3 heterocycles. The molecule has 3 aromatic carbocycles. The van der Waals surface area contributed by atoms with E-state index in [1.165, 1.54) is 32.5 Å². The quantitative estimate of drug-likeness (QED) is 0.189. The lowest BCUT2D eigenvalue weighted by Gasteiger charge is -2.33. The van der Waals surface area contributed by atoms with Gasteiger partial charge < -0.3 is 17.6 Å². The van der Waals surface area contributed by atoms with Gasteiger partial charge in [-0.15, -0.1) is 0 Å². The maximum atomic E-state index is 17.2. The van der Waals surface area contributed by atoms with Gasteiger partial charge in [-0.25, -0.2) is 0 Å². The highest BCUT2D eigenvalue weighted by molar-refractivity contribution is 9.14. The van der Waals surface area contributed by atoms with Crippen molar-refractivity contribution in [3.8, 4) is 0 Å². The van der Waals surface area contributed by atoms with E-state index in [2.05, 4.69) is 63.7 Å². The Morgan fingerprint density at radius 2 is 1.25 bits per heavy atom. The Morgan fingerprint density at radius 3 is 1.82 bits per heavy atom. The summed E-state index contributed by atoms with van der Waals surface area (Å²) in [5.41, 5.74) is 4.64. The van der Waals surface area contributed by atoms with E-state index >= 15 is 8.63 Å². The number of nitrogens with zero attached hydrogens (tertiary/aromatic N) is 2. The minimum Gasteiger partial charge on any atom is -0.389 e. The van der Waals surface area contributed by atoms with Crippen LogP contribution < -0.4 is 0 Å². The number of aromatic nitrogens is 1. The Hall–Kier alpha value is -1.37. The molecule has 0 bridgehead atoms. The number of thioether (sulfide) groups is 1. The molecular weight excluding hydrogens is 809 g/mol. The van der Waals surface area contributed by atoms with Crippen molar-refractivity contribution in [1.82, 2.24) is 4.48 Å². The number of hydrogen-bond donors (Lipinski definition) is 0. The van der Waals surface area contributed by atoms with Crippen LogP contribution in [0.3, 0.4) is 0 Å². The molecule has 0 saturated carbocycles. The summed E-state index contributed by atoms with van der Waals surface area (Å²) in [5, 5.41) is 0.865. The number of rotatable bonds is 4. The fourth-order valence-electron chi connectivity index (χ4n) is 4.80. The summed E-state index contributed by atoms with van der Waals surface area (Å²) in [6.07, 6.45) is 0. The topological polar surface area (TPSA) is 7.94 Å². The van der Waals surface area contributed by atoms with Gasteiger partial charge in [0.25, 0.3) is 0 Å². The molecule has 2 aliphatic rings. The number of halogens is 6. The van der Waals surface area contributed by atoms with Crippen LogP contribution >= 0.6 is 87.2 Å². The van der Waals surface area contributed by atoms with E-state index in [0.29, 0.717) is 44.9 Å². The summed E-state index contributed by atoms with van der Waals surface area (Å²) in [5.74, 6) is 0. The molecule has 0 fully saturated rings. The van der Waals surface area contributed by atoms with Gasteiger partial charge in [0, 0.05) is 15.5 Å². The van der Waals surface area contributed by atoms with Gasteiger partial charge in [-0.1, -0.05) is 77.5 Å². The first-order chi connectivity index (χ1) is 19.1. The Labute approximate surface area is 273 Å². The maximum absolute atomic E-state index is 17.2.